The van der Waals surface area contributed by atoms with Crippen LogP contribution in [0, 0.1) is 0 Å². The van der Waals surface area contributed by atoms with E-state index < -0.39 is 0 Å². The van der Waals surface area contributed by atoms with Crippen LogP contribution in [0.15, 0.2) is 245 Å². The molecular weight excluding hydrogens is 827 g/mol. The molecule has 0 spiro atoms. The van der Waals surface area contributed by atoms with Crippen molar-refractivity contribution in [1.29, 1.82) is 0 Å². The molecule has 0 N–H and O–H groups in total. The molecule has 0 atom stereocenters. The molecule has 0 radical (unpaired) electrons. The molecular formula is C60H39N3O2S. The average Bonchev–Trinajstić information content (AvgIpc) is 4.07. The summed E-state index contributed by atoms with van der Waals surface area (Å²) >= 11 is 1.83. The fraction of sp³-hybridized carbons (Fsp3) is 0. The summed E-state index contributed by atoms with van der Waals surface area (Å²) in [6.07, 6.45) is 0. The first-order chi connectivity index (χ1) is 32.7. The van der Waals surface area contributed by atoms with Crippen molar-refractivity contribution in [3.05, 3.63) is 237 Å². The fourth-order valence-corrected chi connectivity index (χ4v) is 10.7. The third kappa shape index (κ3) is 6.38. The Labute approximate surface area is 384 Å². The molecule has 0 amide bonds. The average molecular weight is 866 g/mol. The Morgan fingerprint density at radius 2 is 0.697 bits per heavy atom. The second-order valence-corrected chi connectivity index (χ2v) is 17.6. The molecule has 66 heavy (non-hydrogen) atoms. The van der Waals surface area contributed by atoms with Gasteiger partial charge in [-0.05, 0) is 121 Å². The molecule has 13 aromatic rings. The number of furan rings is 2. The Morgan fingerprint density at radius 3 is 1.39 bits per heavy atom. The van der Waals surface area contributed by atoms with Gasteiger partial charge in [0.1, 0.15) is 16.7 Å². The van der Waals surface area contributed by atoms with E-state index in [4.69, 9.17) is 8.83 Å². The highest BCUT2D eigenvalue weighted by molar-refractivity contribution is 7.25. The molecule has 0 aliphatic heterocycles. The van der Waals surface area contributed by atoms with Gasteiger partial charge in [0.2, 0.25) is 0 Å². The Balaban J connectivity index is 1.01. The van der Waals surface area contributed by atoms with E-state index >= 15 is 0 Å². The topological polar surface area (TPSA) is 36.0 Å². The maximum absolute atomic E-state index is 6.68. The van der Waals surface area contributed by atoms with Crippen molar-refractivity contribution in [2.75, 3.05) is 14.7 Å². The normalized spacial score (nSPS) is 11.6. The lowest BCUT2D eigenvalue weighted by Gasteiger charge is -2.31. The maximum atomic E-state index is 6.68. The zero-order valence-electron chi connectivity index (χ0n) is 35.6. The highest BCUT2D eigenvalue weighted by Gasteiger charge is 2.23. The first-order valence-corrected chi connectivity index (χ1v) is 23.0. The molecule has 0 saturated heterocycles. The number of nitrogens with zero attached hydrogens (tertiary/aromatic N) is 3. The van der Waals surface area contributed by atoms with Gasteiger partial charge in [-0.1, -0.05) is 115 Å². The number of para-hydroxylation sites is 5. The van der Waals surface area contributed by atoms with Crippen LogP contribution in [-0.2, 0) is 0 Å². The van der Waals surface area contributed by atoms with E-state index in [-0.39, 0.29) is 0 Å². The van der Waals surface area contributed by atoms with Gasteiger partial charge in [0.05, 0.1) is 5.69 Å². The van der Waals surface area contributed by atoms with Crippen LogP contribution in [0.3, 0.4) is 0 Å². The van der Waals surface area contributed by atoms with Gasteiger partial charge < -0.3 is 23.5 Å². The molecule has 3 heterocycles. The SMILES string of the molecule is c1ccc(N(c2cccc(N(c3cccc(N(c4ccccc4)c4cccc5c4oc4ccccc45)c3)c3ccc4sc5ccccc5c4c3)c2)c2ccc3oc4ccccc4c3c2)cc1. The number of hydrogen-bond donors (Lipinski definition) is 0. The van der Waals surface area contributed by atoms with Crippen molar-refractivity contribution >= 4 is 127 Å². The summed E-state index contributed by atoms with van der Waals surface area (Å²) in [7, 11) is 0. The fourth-order valence-electron chi connectivity index (χ4n) is 9.63. The third-order valence-electron chi connectivity index (χ3n) is 12.6. The molecule has 0 bridgehead atoms. The van der Waals surface area contributed by atoms with Crippen molar-refractivity contribution < 1.29 is 8.83 Å². The highest BCUT2D eigenvalue weighted by atomic mass is 32.1. The number of fused-ring (bicyclic) bond motifs is 9. The van der Waals surface area contributed by atoms with Crippen LogP contribution in [0.25, 0.3) is 64.0 Å². The molecule has 3 aromatic heterocycles. The Hall–Kier alpha value is -8.58. The van der Waals surface area contributed by atoms with Crippen LogP contribution in [0.1, 0.15) is 0 Å². The van der Waals surface area contributed by atoms with Gasteiger partial charge in [-0.25, -0.2) is 0 Å². The van der Waals surface area contributed by atoms with Gasteiger partial charge in [-0.2, -0.15) is 0 Å². The van der Waals surface area contributed by atoms with E-state index in [1.54, 1.807) is 0 Å². The summed E-state index contributed by atoms with van der Waals surface area (Å²) < 4.78 is 15.5. The van der Waals surface area contributed by atoms with E-state index in [0.29, 0.717) is 0 Å². The molecule has 0 unspecified atom stereocenters. The van der Waals surface area contributed by atoms with E-state index in [2.05, 4.69) is 227 Å². The van der Waals surface area contributed by atoms with E-state index in [0.717, 1.165) is 95.1 Å². The summed E-state index contributed by atoms with van der Waals surface area (Å²) in [5, 5.41) is 6.85. The number of rotatable bonds is 9. The molecule has 0 aliphatic rings. The molecule has 5 nitrogen and oxygen atoms in total. The molecule has 0 fully saturated rings. The van der Waals surface area contributed by atoms with Crippen LogP contribution < -0.4 is 14.7 Å². The monoisotopic (exact) mass is 865 g/mol. The minimum atomic E-state index is 0.843. The van der Waals surface area contributed by atoms with Crippen LogP contribution in [0.4, 0.5) is 51.2 Å². The van der Waals surface area contributed by atoms with E-state index in [1.165, 1.54) is 20.2 Å². The van der Waals surface area contributed by atoms with E-state index in [9.17, 15) is 0 Å². The number of thiophene rings is 1. The zero-order chi connectivity index (χ0) is 43.6. The summed E-state index contributed by atoms with van der Waals surface area (Å²) in [6, 6.07) is 84.0. The number of anilines is 9. The van der Waals surface area contributed by atoms with Crippen molar-refractivity contribution in [2.45, 2.75) is 0 Å². The largest absolute Gasteiger partial charge is 0.456 e. The molecule has 0 aliphatic carbocycles. The smallest absolute Gasteiger partial charge is 0.159 e. The molecule has 13 rings (SSSR count). The van der Waals surface area contributed by atoms with Crippen LogP contribution in [0.2, 0.25) is 0 Å². The lowest BCUT2D eigenvalue weighted by atomic mass is 10.1. The summed E-state index contributed by atoms with van der Waals surface area (Å²) in [5.41, 5.74) is 12.7. The predicted octanol–water partition coefficient (Wildman–Crippen LogP) is 18.3. The lowest BCUT2D eigenvalue weighted by Crippen LogP contribution is -2.14. The van der Waals surface area contributed by atoms with Gasteiger partial charge in [0, 0.05) is 87.2 Å². The van der Waals surface area contributed by atoms with Crippen molar-refractivity contribution in [3.63, 3.8) is 0 Å². The Morgan fingerprint density at radius 1 is 0.258 bits per heavy atom. The second-order valence-electron chi connectivity index (χ2n) is 16.5. The van der Waals surface area contributed by atoms with E-state index in [1.807, 2.05) is 35.6 Å². The minimum absolute atomic E-state index is 0.843. The zero-order valence-corrected chi connectivity index (χ0v) is 36.4. The highest BCUT2D eigenvalue weighted by Crippen LogP contribution is 2.47. The summed E-state index contributed by atoms with van der Waals surface area (Å²) in [5.74, 6) is 0. The van der Waals surface area contributed by atoms with Crippen molar-refractivity contribution in [3.8, 4) is 0 Å². The first-order valence-electron chi connectivity index (χ1n) is 22.2. The quantitative estimate of drug-likeness (QED) is 0.144. The van der Waals surface area contributed by atoms with Crippen LogP contribution >= 0.6 is 11.3 Å². The predicted molar refractivity (Wildman–Crippen MR) is 278 cm³/mol. The van der Waals surface area contributed by atoms with Crippen LogP contribution in [0.5, 0.6) is 0 Å². The summed E-state index contributed by atoms with van der Waals surface area (Å²) in [6.45, 7) is 0. The second kappa shape index (κ2) is 15.6. The first kappa shape index (κ1) is 37.9. The molecule has 10 aromatic carbocycles. The standard InChI is InChI=1S/C60H39N3O2S/c1-3-16-40(17-4-1)61(46-32-34-57-52(38-46)49-25-8-10-29-55(49)64-57)42-20-13-21-43(36-42)62(47-33-35-59-53(39-47)50-26-9-12-31-58(50)66-59)44-22-14-23-45(37-44)63(41-18-5-2-6-19-41)54-28-15-27-51-48-24-7-11-30-56(48)65-60(51)54/h1-39H. The molecule has 6 heteroatoms. The minimum Gasteiger partial charge on any atom is -0.456 e. The van der Waals surface area contributed by atoms with Gasteiger partial charge in [0.15, 0.2) is 5.58 Å². The Kier molecular flexibility index (Phi) is 8.96. The van der Waals surface area contributed by atoms with Gasteiger partial charge >= 0.3 is 0 Å². The van der Waals surface area contributed by atoms with Crippen molar-refractivity contribution in [1.82, 2.24) is 0 Å². The molecule has 0 saturated carbocycles. The Bertz CT molecular complexity index is 3930. The maximum Gasteiger partial charge on any atom is 0.159 e. The number of benzene rings is 10. The third-order valence-corrected chi connectivity index (χ3v) is 13.7. The van der Waals surface area contributed by atoms with Gasteiger partial charge in [-0.3, -0.25) is 0 Å². The van der Waals surface area contributed by atoms with Gasteiger partial charge in [0.25, 0.3) is 0 Å². The van der Waals surface area contributed by atoms with Crippen molar-refractivity contribution in [2.24, 2.45) is 0 Å². The summed E-state index contributed by atoms with van der Waals surface area (Å²) in [4.78, 5) is 7.03. The lowest BCUT2D eigenvalue weighted by molar-refractivity contribution is 0.668. The van der Waals surface area contributed by atoms with Crippen LogP contribution in [-0.4, -0.2) is 0 Å². The van der Waals surface area contributed by atoms with Gasteiger partial charge in [-0.15, -0.1) is 11.3 Å². The molecule has 312 valence electrons. The number of hydrogen-bond acceptors (Lipinski definition) is 6.